The number of para-hydroxylation sites is 1. The van der Waals surface area contributed by atoms with Crippen LogP contribution in [0.4, 0.5) is 15.8 Å². The molecule has 0 fully saturated rings. The largest absolute Gasteiger partial charge is 0.467 e. The van der Waals surface area contributed by atoms with E-state index in [9.17, 15) is 17.6 Å². The first-order valence-corrected chi connectivity index (χ1v) is 13.3. The second-order valence-corrected chi connectivity index (χ2v) is 10.9. The third-order valence-electron chi connectivity index (χ3n) is 5.31. The first-order chi connectivity index (χ1) is 16.8. The summed E-state index contributed by atoms with van der Waals surface area (Å²) in [6.07, 6.45) is 2.86. The molecule has 0 unspecified atom stereocenters. The number of halogens is 1. The average Bonchev–Trinajstić information content (AvgIpc) is 3.51. The minimum Gasteiger partial charge on any atom is -0.467 e. The summed E-state index contributed by atoms with van der Waals surface area (Å²) in [6, 6.07) is 11.2. The van der Waals surface area contributed by atoms with Crippen molar-refractivity contribution in [3.05, 3.63) is 88.0 Å². The van der Waals surface area contributed by atoms with Crippen molar-refractivity contribution in [3.8, 4) is 0 Å². The highest BCUT2D eigenvalue weighted by Gasteiger charge is 2.26. The van der Waals surface area contributed by atoms with E-state index >= 15 is 0 Å². The van der Waals surface area contributed by atoms with Crippen molar-refractivity contribution < 1.29 is 22.0 Å². The number of aromatic nitrogens is 2. The smallest absolute Gasteiger partial charge is 0.276 e. The molecule has 11 heteroatoms. The van der Waals surface area contributed by atoms with Crippen LogP contribution in [0.15, 0.2) is 69.9 Å². The second kappa shape index (κ2) is 10.4. The van der Waals surface area contributed by atoms with Gasteiger partial charge in [-0.15, -0.1) is 11.3 Å². The van der Waals surface area contributed by atoms with E-state index in [4.69, 9.17) is 4.42 Å². The molecule has 0 radical (unpaired) electrons. The molecule has 0 aliphatic heterocycles. The van der Waals surface area contributed by atoms with E-state index in [0.717, 1.165) is 10.4 Å². The lowest BCUT2D eigenvalue weighted by molar-refractivity contribution is 0.102. The van der Waals surface area contributed by atoms with Crippen molar-refractivity contribution in [1.29, 1.82) is 0 Å². The summed E-state index contributed by atoms with van der Waals surface area (Å²) in [5.41, 5.74) is 1.13. The molecule has 8 nitrogen and oxygen atoms in total. The van der Waals surface area contributed by atoms with Crippen LogP contribution in [-0.2, 0) is 22.9 Å². The Kier molecular flexibility index (Phi) is 7.27. The highest BCUT2D eigenvalue weighted by Crippen LogP contribution is 2.28. The number of anilines is 2. The van der Waals surface area contributed by atoms with Crippen LogP contribution in [0, 0.1) is 12.7 Å². The molecule has 0 aliphatic rings. The Labute approximate surface area is 206 Å². The number of nitrogens with one attached hydrogen (secondary N) is 1. The highest BCUT2D eigenvalue weighted by atomic mass is 32.2. The van der Waals surface area contributed by atoms with E-state index in [1.807, 2.05) is 23.3 Å². The number of sulfone groups is 1. The Hall–Kier alpha value is -3.57. The van der Waals surface area contributed by atoms with Crippen LogP contribution in [0.5, 0.6) is 0 Å². The summed E-state index contributed by atoms with van der Waals surface area (Å²) in [5.74, 6) is -0.984. The van der Waals surface area contributed by atoms with Crippen LogP contribution in [-0.4, -0.2) is 30.0 Å². The summed E-state index contributed by atoms with van der Waals surface area (Å²) in [5, 5.41) is 4.00. The number of nitrogens with zero attached hydrogens (tertiary/aromatic N) is 3. The quantitative estimate of drug-likeness (QED) is 0.319. The fourth-order valence-corrected chi connectivity index (χ4v) is 4.96. The molecule has 3 heterocycles. The van der Waals surface area contributed by atoms with Gasteiger partial charge in [-0.2, -0.15) is 0 Å². The van der Waals surface area contributed by atoms with Crippen molar-refractivity contribution in [3.63, 3.8) is 0 Å². The van der Waals surface area contributed by atoms with Crippen LogP contribution in [0.25, 0.3) is 0 Å². The highest BCUT2D eigenvalue weighted by molar-refractivity contribution is 7.91. The number of aryl methyl sites for hydroxylation is 1. The molecule has 1 aromatic carbocycles. The molecule has 1 N–H and O–H groups in total. The summed E-state index contributed by atoms with van der Waals surface area (Å²) in [7, 11) is -3.80. The van der Waals surface area contributed by atoms with Crippen molar-refractivity contribution in [1.82, 2.24) is 9.97 Å². The standard InChI is InChI=1S/C24H23FN4O4S2/c1-3-35(31,32)24-26-13-20(22(28-24)23(30)27-19-9-5-4-8-18(19)25)29(14-17-7-6-11-33-17)15-21-16(2)10-12-34-21/h4-13H,3,14-15H2,1-2H3,(H,27,30). The summed E-state index contributed by atoms with van der Waals surface area (Å²) in [6.45, 7) is 4.12. The fraction of sp³-hybridized carbons (Fsp3) is 0.208. The van der Waals surface area contributed by atoms with E-state index in [1.54, 1.807) is 35.8 Å². The SMILES string of the molecule is CCS(=O)(=O)c1ncc(N(Cc2ccco2)Cc2sccc2C)c(C(=O)Nc2ccccc2F)n1. The van der Waals surface area contributed by atoms with Crippen LogP contribution >= 0.6 is 11.3 Å². The van der Waals surface area contributed by atoms with E-state index in [2.05, 4.69) is 15.3 Å². The summed E-state index contributed by atoms with van der Waals surface area (Å²) in [4.78, 5) is 24.4. The molecule has 0 saturated carbocycles. The zero-order valence-electron chi connectivity index (χ0n) is 19.1. The number of carbonyl (C=O) groups excluding carboxylic acids is 1. The molecule has 0 aliphatic carbocycles. The van der Waals surface area contributed by atoms with Gasteiger partial charge >= 0.3 is 0 Å². The number of rotatable bonds is 9. The minimum absolute atomic E-state index is 0.0475. The number of hydrogen-bond donors (Lipinski definition) is 1. The van der Waals surface area contributed by atoms with Crippen LogP contribution < -0.4 is 10.2 Å². The maximum atomic E-state index is 14.2. The molecule has 35 heavy (non-hydrogen) atoms. The molecule has 4 rings (SSSR count). The Balaban J connectivity index is 1.81. The molecule has 3 aromatic heterocycles. The molecule has 0 atom stereocenters. The Morgan fingerprint density at radius 2 is 1.97 bits per heavy atom. The van der Waals surface area contributed by atoms with Gasteiger partial charge in [-0.3, -0.25) is 4.79 Å². The predicted octanol–water partition coefficient (Wildman–Crippen LogP) is 4.83. The van der Waals surface area contributed by atoms with Crippen molar-refractivity contribution in [2.75, 3.05) is 16.0 Å². The Morgan fingerprint density at radius 1 is 1.17 bits per heavy atom. The van der Waals surface area contributed by atoms with Gasteiger partial charge in [0, 0.05) is 4.88 Å². The van der Waals surface area contributed by atoms with Gasteiger partial charge in [-0.1, -0.05) is 19.1 Å². The van der Waals surface area contributed by atoms with Crippen molar-refractivity contribution >= 4 is 38.5 Å². The molecule has 0 bridgehead atoms. The maximum absolute atomic E-state index is 14.2. The van der Waals surface area contributed by atoms with Gasteiger partial charge < -0.3 is 14.6 Å². The van der Waals surface area contributed by atoms with Gasteiger partial charge in [-0.25, -0.2) is 22.8 Å². The predicted molar refractivity (Wildman–Crippen MR) is 132 cm³/mol. The molecule has 4 aromatic rings. The van der Waals surface area contributed by atoms with Gasteiger partial charge in [0.15, 0.2) is 5.69 Å². The van der Waals surface area contributed by atoms with E-state index in [-0.39, 0.29) is 29.4 Å². The number of hydrogen-bond acceptors (Lipinski definition) is 8. The van der Waals surface area contributed by atoms with E-state index in [0.29, 0.717) is 12.3 Å². The fourth-order valence-electron chi connectivity index (χ4n) is 3.34. The third kappa shape index (κ3) is 5.57. The third-order valence-corrected chi connectivity index (χ3v) is 7.83. The number of amides is 1. The second-order valence-electron chi connectivity index (χ2n) is 7.69. The Bertz CT molecular complexity index is 1440. The van der Waals surface area contributed by atoms with Crippen molar-refractivity contribution in [2.45, 2.75) is 32.1 Å². The lowest BCUT2D eigenvalue weighted by Crippen LogP contribution is -2.27. The topological polar surface area (TPSA) is 105 Å². The normalized spacial score (nSPS) is 11.4. The molecule has 182 valence electrons. The maximum Gasteiger partial charge on any atom is 0.276 e. The lowest BCUT2D eigenvalue weighted by Gasteiger charge is -2.25. The summed E-state index contributed by atoms with van der Waals surface area (Å²) >= 11 is 1.56. The molecular formula is C24H23FN4O4S2. The lowest BCUT2D eigenvalue weighted by atomic mass is 10.2. The first kappa shape index (κ1) is 24.6. The number of benzene rings is 1. The van der Waals surface area contributed by atoms with Gasteiger partial charge in [0.05, 0.1) is 42.7 Å². The first-order valence-electron chi connectivity index (χ1n) is 10.7. The van der Waals surface area contributed by atoms with Gasteiger partial charge in [-0.05, 0) is 48.2 Å². The van der Waals surface area contributed by atoms with Gasteiger partial charge in [0.2, 0.25) is 15.0 Å². The van der Waals surface area contributed by atoms with Crippen LogP contribution in [0.3, 0.4) is 0 Å². The van der Waals surface area contributed by atoms with Gasteiger partial charge in [0.1, 0.15) is 11.6 Å². The number of thiophene rings is 1. The summed E-state index contributed by atoms with van der Waals surface area (Å²) < 4.78 is 44.7. The molecule has 1 amide bonds. The number of furan rings is 1. The number of carbonyl (C=O) groups is 1. The average molecular weight is 515 g/mol. The van der Waals surface area contributed by atoms with Crippen LogP contribution in [0.1, 0.15) is 33.6 Å². The zero-order valence-corrected chi connectivity index (χ0v) is 20.7. The van der Waals surface area contributed by atoms with Crippen LogP contribution in [0.2, 0.25) is 0 Å². The van der Waals surface area contributed by atoms with Crippen molar-refractivity contribution in [2.24, 2.45) is 0 Å². The van der Waals surface area contributed by atoms with E-state index in [1.165, 1.54) is 31.3 Å². The minimum atomic E-state index is -3.80. The monoisotopic (exact) mass is 514 g/mol. The van der Waals surface area contributed by atoms with Gasteiger partial charge in [0.25, 0.3) is 5.91 Å². The Morgan fingerprint density at radius 3 is 2.63 bits per heavy atom. The van der Waals surface area contributed by atoms with E-state index < -0.39 is 26.7 Å². The zero-order chi connectivity index (χ0) is 25.0. The molecule has 0 saturated heterocycles. The molecular weight excluding hydrogens is 491 g/mol. The molecule has 0 spiro atoms.